The van der Waals surface area contributed by atoms with Crippen LogP contribution in [0.3, 0.4) is 0 Å². The average Bonchev–Trinajstić information content (AvgIpc) is 4.22. The molecule has 0 bridgehead atoms. The van der Waals surface area contributed by atoms with Crippen molar-refractivity contribution in [3.63, 3.8) is 0 Å². The molecular formula is C57H47BBr2N8O8S. The molecule has 20 heteroatoms. The Morgan fingerprint density at radius 3 is 1.43 bits per heavy atom. The molecule has 0 unspecified atom stereocenters. The third-order valence-electron chi connectivity index (χ3n) is 11.8. The highest BCUT2D eigenvalue weighted by Crippen LogP contribution is 2.30. The molecule has 0 saturated carbocycles. The number of aromatic nitrogens is 5. The van der Waals surface area contributed by atoms with Gasteiger partial charge in [-0.15, -0.1) is 0 Å². The molecule has 386 valence electrons. The highest BCUT2D eigenvalue weighted by atomic mass is 79.9. The summed E-state index contributed by atoms with van der Waals surface area (Å²) in [6.07, 6.45) is 12.8. The van der Waals surface area contributed by atoms with E-state index in [-0.39, 0.29) is 0 Å². The van der Waals surface area contributed by atoms with Gasteiger partial charge in [-0.1, -0.05) is 56.1 Å². The zero-order valence-electron chi connectivity index (χ0n) is 41.1. The summed E-state index contributed by atoms with van der Waals surface area (Å²) in [5.41, 5.74) is 23.3. The number of hydrogen-bond donors (Lipinski definition) is 6. The maximum Gasteiger partial charge on any atom is 0.490 e. The number of pyridine rings is 2. The van der Waals surface area contributed by atoms with Gasteiger partial charge in [-0.25, -0.2) is 0 Å². The lowest BCUT2D eigenvalue weighted by Gasteiger charge is -2.09. The highest BCUT2D eigenvalue weighted by molar-refractivity contribution is 9.10. The maximum absolute atomic E-state index is 11.4. The van der Waals surface area contributed by atoms with Crippen LogP contribution in [0.2, 0.25) is 0 Å². The molecule has 11 aromatic rings. The first-order chi connectivity index (χ1) is 36.8. The number of carbonyl (C=O) groups is 2. The van der Waals surface area contributed by atoms with Crippen molar-refractivity contribution in [3.05, 3.63) is 238 Å². The number of primary amides is 2. The second-order valence-electron chi connectivity index (χ2n) is 17.0. The highest BCUT2D eigenvalue weighted by Gasteiger charge is 2.13. The molecule has 0 radical (unpaired) electrons. The number of fused-ring (bicyclic) bond motifs is 3. The summed E-state index contributed by atoms with van der Waals surface area (Å²) in [5.74, 6) is -0.839. The lowest BCUT2D eigenvalue weighted by molar-refractivity contribution is 0.0992. The van der Waals surface area contributed by atoms with Gasteiger partial charge in [0.2, 0.25) is 11.8 Å². The molecule has 0 aliphatic rings. The third-order valence-corrected chi connectivity index (χ3v) is 12.8. The van der Waals surface area contributed by atoms with E-state index in [0.717, 1.165) is 70.0 Å². The molecule has 0 saturated heterocycles. The molecule has 5 heterocycles. The fourth-order valence-corrected chi connectivity index (χ4v) is 8.83. The summed E-state index contributed by atoms with van der Waals surface area (Å²) in [6, 6.07) is 52.9. The molecule has 16 nitrogen and oxygen atoms in total. The van der Waals surface area contributed by atoms with Crippen LogP contribution in [-0.4, -0.2) is 70.2 Å². The van der Waals surface area contributed by atoms with Crippen molar-refractivity contribution in [2.75, 3.05) is 0 Å². The number of halogens is 2. The molecule has 77 heavy (non-hydrogen) atoms. The lowest BCUT2D eigenvalue weighted by Crippen LogP contribution is -2.32. The Bertz CT molecular complexity index is 4070. The number of nitrogens with two attached hydrogens (primary N) is 2. The fraction of sp³-hybridized carbons (Fsp3) is 0.0351. The molecule has 8 N–H and O–H groups in total. The van der Waals surface area contributed by atoms with Crippen molar-refractivity contribution >= 4 is 99.4 Å². The number of amides is 2. The minimum Gasteiger partial charge on any atom is -0.423 e. The largest absolute Gasteiger partial charge is 0.490 e. The Morgan fingerprint density at radius 1 is 0.571 bits per heavy atom. The van der Waals surface area contributed by atoms with Crippen LogP contribution in [0.1, 0.15) is 37.4 Å². The molecular weight excluding hydrogens is 1130 g/mol. The van der Waals surface area contributed by atoms with Gasteiger partial charge in [0, 0.05) is 108 Å². The first kappa shape index (κ1) is 56.2. The second-order valence-corrected chi connectivity index (χ2v) is 19.7. The topological polar surface area (TPSA) is 266 Å². The SMILES string of the molecule is Cc1ccncc1-c1ccc2c(ccn2-c2cccc(C(N)=O)c2)c1.Cc1ccncc1B(O)O.N#Cc1cccc(-n2ccc3cc(Br)ccc32)c1.NC(=O)c1cccc(-n2ccc3cc(Br)ccc32)c1.O=S(=O)(O)O. The maximum atomic E-state index is 11.4. The fourth-order valence-electron chi connectivity index (χ4n) is 8.07. The van der Waals surface area contributed by atoms with Gasteiger partial charge < -0.3 is 35.2 Å². The van der Waals surface area contributed by atoms with E-state index in [1.807, 2.05) is 108 Å². The van der Waals surface area contributed by atoms with Crippen molar-refractivity contribution in [2.24, 2.45) is 11.5 Å². The molecule has 2 amide bonds. The van der Waals surface area contributed by atoms with E-state index in [2.05, 4.69) is 112 Å². The van der Waals surface area contributed by atoms with Gasteiger partial charge >= 0.3 is 17.5 Å². The lowest BCUT2D eigenvalue weighted by atomic mass is 9.79. The Labute approximate surface area is 460 Å². The molecule has 0 spiro atoms. The molecule has 0 atom stereocenters. The van der Waals surface area contributed by atoms with E-state index in [9.17, 15) is 9.59 Å². The molecule has 0 aliphatic heterocycles. The summed E-state index contributed by atoms with van der Waals surface area (Å²) >= 11 is 6.93. The van der Waals surface area contributed by atoms with Crippen molar-refractivity contribution in [1.82, 2.24) is 23.7 Å². The number of rotatable bonds is 7. The summed E-state index contributed by atoms with van der Waals surface area (Å²) in [4.78, 5) is 30.6. The first-order valence-corrected chi connectivity index (χ1v) is 26.1. The smallest absolute Gasteiger partial charge is 0.423 e. The Morgan fingerprint density at radius 2 is 1.00 bits per heavy atom. The zero-order valence-corrected chi connectivity index (χ0v) is 45.0. The van der Waals surface area contributed by atoms with E-state index < -0.39 is 29.3 Å². The van der Waals surface area contributed by atoms with Crippen LogP contribution in [0, 0.1) is 25.2 Å². The third kappa shape index (κ3) is 14.9. The normalized spacial score (nSPS) is 10.6. The van der Waals surface area contributed by atoms with Gasteiger partial charge in [0.05, 0.1) is 28.2 Å². The summed E-state index contributed by atoms with van der Waals surface area (Å²) in [6.45, 7) is 3.89. The number of carbonyl (C=O) groups excluding carboxylic acids is 2. The van der Waals surface area contributed by atoms with Crippen molar-refractivity contribution < 1.29 is 37.2 Å². The first-order valence-electron chi connectivity index (χ1n) is 23.1. The van der Waals surface area contributed by atoms with Crippen LogP contribution in [0.4, 0.5) is 0 Å². The van der Waals surface area contributed by atoms with Gasteiger partial charge in [0.15, 0.2) is 0 Å². The van der Waals surface area contributed by atoms with Crippen LogP contribution in [0.25, 0.3) is 60.9 Å². The predicted octanol–water partition coefficient (Wildman–Crippen LogP) is 10.3. The van der Waals surface area contributed by atoms with E-state index in [4.69, 9.17) is 44.3 Å². The van der Waals surface area contributed by atoms with Gasteiger partial charge in [-0.2, -0.15) is 13.7 Å². The van der Waals surface area contributed by atoms with Crippen LogP contribution in [0.15, 0.2) is 210 Å². The number of nitriles is 1. The van der Waals surface area contributed by atoms with E-state index in [0.29, 0.717) is 22.2 Å². The van der Waals surface area contributed by atoms with E-state index >= 15 is 0 Å². The minimum atomic E-state index is -4.67. The monoisotopic (exact) mass is 1170 g/mol. The van der Waals surface area contributed by atoms with Crippen molar-refractivity contribution in [3.8, 4) is 34.3 Å². The molecule has 11 rings (SSSR count). The van der Waals surface area contributed by atoms with Gasteiger partial charge in [0.1, 0.15) is 0 Å². The molecule has 0 aliphatic carbocycles. The van der Waals surface area contributed by atoms with Crippen LogP contribution in [0.5, 0.6) is 0 Å². The molecule has 5 aromatic heterocycles. The van der Waals surface area contributed by atoms with E-state index in [1.165, 1.54) is 17.1 Å². The number of hydrogen-bond acceptors (Lipinski definition) is 9. The van der Waals surface area contributed by atoms with Gasteiger partial charge in [-0.05, 0) is 164 Å². The van der Waals surface area contributed by atoms with E-state index in [1.54, 1.807) is 49.6 Å². The van der Waals surface area contributed by atoms with Crippen LogP contribution >= 0.6 is 31.9 Å². The molecule has 0 fully saturated rings. The van der Waals surface area contributed by atoms with Gasteiger partial charge in [-0.3, -0.25) is 28.7 Å². The van der Waals surface area contributed by atoms with Crippen molar-refractivity contribution in [1.29, 1.82) is 5.26 Å². The summed E-state index contributed by atoms with van der Waals surface area (Å²) in [7, 11) is -6.08. The van der Waals surface area contributed by atoms with Gasteiger partial charge in [0.25, 0.3) is 0 Å². The summed E-state index contributed by atoms with van der Waals surface area (Å²) < 4.78 is 39.9. The standard InChI is InChI=1S/C21H17N3O.C15H11BrN2O.C15H9BrN2.C6H8BNO2.H2O4S/c1-14-7-9-23-13-19(14)15-5-6-20-16(11-15)8-10-24(20)18-4-2-3-17(12-18)21(22)25;16-12-4-5-14-10(8-12)6-7-18(14)13-3-1-2-11(9-13)15(17)19;16-13-4-5-15-12(9-13)6-7-18(15)14-3-1-2-11(8-14)10-17;1-5-2-3-8-4-6(5)7(9)10;1-5(2,3)4/h2-13H,1H3,(H2,22,25);1-9H,(H2,17,19);1-9H;2-4,9-10H,1H3;(H2,1,2,3,4). The second kappa shape index (κ2) is 25.3. The Balaban J connectivity index is 0.000000150. The average molecular weight is 1170 g/mol. The number of benzene rings is 6. The van der Waals surface area contributed by atoms with Crippen LogP contribution < -0.4 is 16.9 Å². The quantitative estimate of drug-likeness (QED) is 0.0645. The summed E-state index contributed by atoms with van der Waals surface area (Å²) in [5, 5.41) is 29.8. The minimum absolute atomic E-state index is 0.416. The Hall–Kier alpha value is -8.52. The van der Waals surface area contributed by atoms with Crippen LogP contribution in [-0.2, 0) is 10.4 Å². The number of aryl methyl sites for hydroxylation is 2. The zero-order chi connectivity index (χ0) is 55.4. The Kier molecular flexibility index (Phi) is 18.5. The molecule has 6 aromatic carbocycles. The number of nitrogens with zero attached hydrogens (tertiary/aromatic N) is 6. The van der Waals surface area contributed by atoms with Crippen molar-refractivity contribution in [2.45, 2.75) is 13.8 Å². The predicted molar refractivity (Wildman–Crippen MR) is 308 cm³/mol.